The normalized spacial score (nSPS) is 13.1. The van der Waals surface area contributed by atoms with Crippen LogP contribution in [0.25, 0.3) is 55.3 Å². The van der Waals surface area contributed by atoms with E-state index in [4.69, 9.17) is 4.42 Å². The molecule has 0 radical (unpaired) electrons. The van der Waals surface area contributed by atoms with Crippen LogP contribution in [-0.4, -0.2) is 0 Å². The van der Waals surface area contributed by atoms with E-state index in [-0.39, 0.29) is 5.41 Å². The van der Waals surface area contributed by atoms with Gasteiger partial charge in [0.2, 0.25) is 0 Å². The minimum Gasteiger partial charge on any atom is -0.456 e. The number of benzene rings is 7. The van der Waals surface area contributed by atoms with Crippen molar-refractivity contribution >= 4 is 39.0 Å². The number of hydrogen-bond acceptors (Lipinski definition) is 2. The maximum absolute atomic E-state index is 6.57. The summed E-state index contributed by atoms with van der Waals surface area (Å²) in [5.74, 6) is 0. The molecule has 0 saturated heterocycles. The number of nitrogens with zero attached hydrogens (tertiary/aromatic N) is 1. The lowest BCUT2D eigenvalue weighted by atomic mass is 9.82. The second-order valence-corrected chi connectivity index (χ2v) is 13.0. The van der Waals surface area contributed by atoms with Crippen LogP contribution in [0.5, 0.6) is 0 Å². The van der Waals surface area contributed by atoms with Crippen molar-refractivity contribution < 1.29 is 4.42 Å². The standard InChI is InChI=1S/C45H33NO/c1-45(2)40-24-10-9-22-37(40)38-28-39-43(29-41(38)45)47-42-25-13-23-36(44(39)42)32-16-11-14-30(26-32)31-15-12-21-35(27-31)46(33-17-5-3-6-18-33)34-19-7-4-8-20-34/h3-29H,1-2H3. The molecule has 1 heterocycles. The van der Waals surface area contributed by atoms with Crippen LogP contribution in [-0.2, 0) is 5.41 Å². The average Bonchev–Trinajstić information content (AvgIpc) is 3.60. The Labute approximate surface area is 275 Å². The first kappa shape index (κ1) is 27.5. The van der Waals surface area contributed by atoms with Gasteiger partial charge in [-0.15, -0.1) is 0 Å². The number of furan rings is 1. The van der Waals surface area contributed by atoms with Crippen LogP contribution >= 0.6 is 0 Å². The third-order valence-corrected chi connectivity index (χ3v) is 9.84. The molecule has 1 aromatic heterocycles. The van der Waals surface area contributed by atoms with Crippen LogP contribution in [0.1, 0.15) is 25.0 Å². The average molecular weight is 604 g/mol. The van der Waals surface area contributed by atoms with Crippen molar-refractivity contribution in [3.05, 3.63) is 175 Å². The predicted molar refractivity (Wildman–Crippen MR) is 197 cm³/mol. The van der Waals surface area contributed by atoms with Crippen LogP contribution in [0.3, 0.4) is 0 Å². The summed E-state index contributed by atoms with van der Waals surface area (Å²) in [4.78, 5) is 2.31. The van der Waals surface area contributed by atoms with Crippen molar-refractivity contribution in [1.29, 1.82) is 0 Å². The predicted octanol–water partition coefficient (Wildman–Crippen LogP) is 12.7. The first-order valence-corrected chi connectivity index (χ1v) is 16.3. The van der Waals surface area contributed by atoms with Crippen molar-refractivity contribution in [1.82, 2.24) is 0 Å². The summed E-state index contributed by atoms with van der Waals surface area (Å²) in [6.07, 6.45) is 0. The highest BCUT2D eigenvalue weighted by Gasteiger charge is 2.36. The molecule has 0 N–H and O–H groups in total. The monoisotopic (exact) mass is 603 g/mol. The molecule has 47 heavy (non-hydrogen) atoms. The molecule has 8 aromatic rings. The molecular formula is C45H33NO. The fourth-order valence-electron chi connectivity index (χ4n) is 7.55. The van der Waals surface area contributed by atoms with E-state index in [0.717, 1.165) is 39.0 Å². The second kappa shape index (κ2) is 10.6. The van der Waals surface area contributed by atoms with Crippen molar-refractivity contribution in [3.8, 4) is 33.4 Å². The van der Waals surface area contributed by atoms with Gasteiger partial charge in [-0.1, -0.05) is 117 Å². The topological polar surface area (TPSA) is 16.4 Å². The van der Waals surface area contributed by atoms with E-state index in [1.807, 2.05) is 0 Å². The van der Waals surface area contributed by atoms with Gasteiger partial charge in [0.25, 0.3) is 0 Å². The first-order chi connectivity index (χ1) is 23.1. The fraction of sp³-hybridized carbons (Fsp3) is 0.0667. The maximum Gasteiger partial charge on any atom is 0.136 e. The van der Waals surface area contributed by atoms with Gasteiger partial charge in [0.05, 0.1) is 0 Å². The Morgan fingerprint density at radius 3 is 1.79 bits per heavy atom. The second-order valence-electron chi connectivity index (χ2n) is 13.0. The molecule has 0 aliphatic heterocycles. The molecule has 1 aliphatic rings. The summed E-state index contributed by atoms with van der Waals surface area (Å²) in [6.45, 7) is 4.63. The van der Waals surface area contributed by atoms with Gasteiger partial charge in [0.15, 0.2) is 0 Å². The van der Waals surface area contributed by atoms with Crippen molar-refractivity contribution in [2.24, 2.45) is 0 Å². The van der Waals surface area contributed by atoms with E-state index in [0.29, 0.717) is 0 Å². The van der Waals surface area contributed by atoms with Crippen LogP contribution in [0.15, 0.2) is 168 Å². The van der Waals surface area contributed by atoms with Gasteiger partial charge in [0, 0.05) is 33.2 Å². The number of fused-ring (bicyclic) bond motifs is 6. The molecule has 2 heteroatoms. The summed E-state index contributed by atoms with van der Waals surface area (Å²) in [6, 6.07) is 58.7. The van der Waals surface area contributed by atoms with E-state index in [2.05, 4.69) is 183 Å². The summed E-state index contributed by atoms with van der Waals surface area (Å²) in [5.41, 5.74) is 15.2. The lowest BCUT2D eigenvalue weighted by Crippen LogP contribution is -2.14. The van der Waals surface area contributed by atoms with Gasteiger partial charge in [0.1, 0.15) is 11.2 Å². The zero-order valence-corrected chi connectivity index (χ0v) is 26.4. The lowest BCUT2D eigenvalue weighted by Gasteiger charge is -2.26. The van der Waals surface area contributed by atoms with E-state index in [1.165, 1.54) is 44.5 Å². The largest absolute Gasteiger partial charge is 0.456 e. The first-order valence-electron chi connectivity index (χ1n) is 16.3. The molecule has 2 nitrogen and oxygen atoms in total. The highest BCUT2D eigenvalue weighted by molar-refractivity contribution is 6.14. The Hall–Kier alpha value is -5.86. The van der Waals surface area contributed by atoms with Crippen molar-refractivity contribution in [2.45, 2.75) is 19.3 Å². The number of rotatable bonds is 5. The van der Waals surface area contributed by atoms with Gasteiger partial charge in [-0.05, 0) is 105 Å². The maximum atomic E-state index is 6.57. The zero-order valence-electron chi connectivity index (χ0n) is 26.4. The molecule has 0 spiro atoms. The quantitative estimate of drug-likeness (QED) is 0.195. The molecular weight excluding hydrogens is 571 g/mol. The minimum absolute atomic E-state index is 0.0681. The highest BCUT2D eigenvalue weighted by atomic mass is 16.3. The summed E-state index contributed by atoms with van der Waals surface area (Å²) in [5, 5.41) is 2.33. The van der Waals surface area contributed by atoms with Gasteiger partial charge < -0.3 is 9.32 Å². The molecule has 0 saturated carbocycles. The Morgan fingerprint density at radius 2 is 1.02 bits per heavy atom. The molecule has 224 valence electrons. The van der Waals surface area contributed by atoms with E-state index in [9.17, 15) is 0 Å². The van der Waals surface area contributed by atoms with Gasteiger partial charge in [-0.3, -0.25) is 0 Å². The number of anilines is 3. The van der Waals surface area contributed by atoms with Crippen molar-refractivity contribution in [3.63, 3.8) is 0 Å². The number of para-hydroxylation sites is 2. The molecule has 0 fully saturated rings. The molecule has 0 unspecified atom stereocenters. The number of hydrogen-bond donors (Lipinski definition) is 0. The lowest BCUT2D eigenvalue weighted by molar-refractivity contribution is 0.647. The smallest absolute Gasteiger partial charge is 0.136 e. The molecule has 1 aliphatic carbocycles. The third kappa shape index (κ3) is 4.40. The minimum atomic E-state index is -0.0681. The van der Waals surface area contributed by atoms with Crippen LogP contribution in [0, 0.1) is 0 Å². The van der Waals surface area contributed by atoms with E-state index in [1.54, 1.807) is 0 Å². The van der Waals surface area contributed by atoms with E-state index < -0.39 is 0 Å². The fourth-order valence-corrected chi connectivity index (χ4v) is 7.55. The molecule has 0 bridgehead atoms. The molecule has 7 aromatic carbocycles. The Balaban J connectivity index is 1.17. The van der Waals surface area contributed by atoms with Crippen LogP contribution < -0.4 is 4.90 Å². The Bertz CT molecular complexity index is 2400. The third-order valence-electron chi connectivity index (χ3n) is 9.84. The molecule has 0 amide bonds. The van der Waals surface area contributed by atoms with Crippen LogP contribution in [0.4, 0.5) is 17.1 Å². The Morgan fingerprint density at radius 1 is 0.426 bits per heavy atom. The Kier molecular flexibility index (Phi) is 6.20. The highest BCUT2D eigenvalue weighted by Crippen LogP contribution is 2.51. The van der Waals surface area contributed by atoms with Gasteiger partial charge in [-0.2, -0.15) is 0 Å². The molecule has 9 rings (SSSR count). The van der Waals surface area contributed by atoms with Gasteiger partial charge in [-0.25, -0.2) is 0 Å². The summed E-state index contributed by atoms with van der Waals surface area (Å²) >= 11 is 0. The summed E-state index contributed by atoms with van der Waals surface area (Å²) in [7, 11) is 0. The van der Waals surface area contributed by atoms with Crippen molar-refractivity contribution in [2.75, 3.05) is 4.90 Å². The zero-order chi connectivity index (χ0) is 31.5. The SMILES string of the molecule is CC1(C)c2ccccc2-c2cc3c(cc21)oc1cccc(-c2cccc(-c4cccc(N(c5ccccc5)c5ccccc5)c4)c2)c13. The van der Waals surface area contributed by atoms with Gasteiger partial charge >= 0.3 is 0 Å². The van der Waals surface area contributed by atoms with E-state index >= 15 is 0 Å². The summed E-state index contributed by atoms with van der Waals surface area (Å²) < 4.78 is 6.57. The van der Waals surface area contributed by atoms with Crippen LogP contribution in [0.2, 0.25) is 0 Å². The molecule has 0 atom stereocenters.